The van der Waals surface area contributed by atoms with Crippen LogP contribution in [0.1, 0.15) is 56.9 Å². The Labute approximate surface area is 194 Å². The molecule has 170 valence electrons. The van der Waals surface area contributed by atoms with E-state index >= 15 is 0 Å². The van der Waals surface area contributed by atoms with Crippen LogP contribution in [-0.4, -0.2) is 28.1 Å². The Balaban J connectivity index is 1.08. The van der Waals surface area contributed by atoms with Gasteiger partial charge in [0, 0.05) is 29.5 Å². The lowest BCUT2D eigenvalue weighted by molar-refractivity contribution is -0.146. The number of hydrogen-bond acceptors (Lipinski definition) is 3. The number of aromatic nitrogens is 2. The third kappa shape index (κ3) is 4.42. The summed E-state index contributed by atoms with van der Waals surface area (Å²) in [5.74, 6) is 3.08. The molecule has 0 spiro atoms. The van der Waals surface area contributed by atoms with E-state index in [1.807, 2.05) is 24.3 Å². The van der Waals surface area contributed by atoms with Crippen LogP contribution < -0.4 is 10.6 Å². The molecule has 0 saturated heterocycles. The standard InChI is InChI=1S/C25H31ClN4O2/c26-21-5-2-1-4-20(21)16-30-22(7-9-28-30)29-23(31)6-3-8-27-24(32)25-13-17-10-18(14-25)12-19(11-17)15-25/h1-2,4-5,7,9,17-19H,3,6,8,10-16H2,(H,27,32)(H,29,31). The van der Waals surface area contributed by atoms with Gasteiger partial charge < -0.3 is 10.6 Å². The van der Waals surface area contributed by atoms with Gasteiger partial charge in [0.2, 0.25) is 11.8 Å². The fraction of sp³-hybridized carbons (Fsp3) is 0.560. The molecule has 1 heterocycles. The van der Waals surface area contributed by atoms with Gasteiger partial charge in [-0.2, -0.15) is 5.10 Å². The number of anilines is 1. The van der Waals surface area contributed by atoms with E-state index in [0.717, 1.165) is 42.6 Å². The molecule has 2 amide bonds. The van der Waals surface area contributed by atoms with Crippen LogP contribution in [0.15, 0.2) is 36.5 Å². The molecule has 1 aromatic carbocycles. The number of halogens is 1. The number of hydrogen-bond donors (Lipinski definition) is 2. The van der Waals surface area contributed by atoms with Crippen molar-refractivity contribution in [1.29, 1.82) is 0 Å². The zero-order valence-corrected chi connectivity index (χ0v) is 19.1. The van der Waals surface area contributed by atoms with E-state index in [4.69, 9.17) is 11.6 Å². The lowest BCUT2D eigenvalue weighted by Crippen LogP contribution is -2.53. The molecule has 4 saturated carbocycles. The van der Waals surface area contributed by atoms with Crippen molar-refractivity contribution in [2.45, 2.75) is 57.9 Å². The zero-order chi connectivity index (χ0) is 22.1. The molecular weight excluding hydrogens is 424 g/mol. The first-order valence-corrected chi connectivity index (χ1v) is 12.2. The summed E-state index contributed by atoms with van der Waals surface area (Å²) in [6.07, 6.45) is 9.86. The van der Waals surface area contributed by atoms with Gasteiger partial charge in [-0.05, 0) is 74.3 Å². The van der Waals surface area contributed by atoms with Crippen LogP contribution in [0.2, 0.25) is 5.02 Å². The first-order chi connectivity index (χ1) is 15.5. The van der Waals surface area contributed by atoms with Crippen molar-refractivity contribution in [2.75, 3.05) is 11.9 Å². The molecule has 0 atom stereocenters. The lowest BCUT2D eigenvalue weighted by atomic mass is 9.49. The van der Waals surface area contributed by atoms with Crippen molar-refractivity contribution in [3.8, 4) is 0 Å². The van der Waals surface area contributed by atoms with E-state index in [2.05, 4.69) is 15.7 Å². The number of benzene rings is 1. The van der Waals surface area contributed by atoms with E-state index in [0.29, 0.717) is 36.8 Å². The van der Waals surface area contributed by atoms with Crippen LogP contribution in [0, 0.1) is 23.2 Å². The van der Waals surface area contributed by atoms with E-state index < -0.39 is 0 Å². The highest BCUT2D eigenvalue weighted by Gasteiger charge is 2.54. The highest BCUT2D eigenvalue weighted by atomic mass is 35.5. The predicted molar refractivity (Wildman–Crippen MR) is 124 cm³/mol. The van der Waals surface area contributed by atoms with Crippen LogP contribution in [0.4, 0.5) is 5.82 Å². The Bertz CT molecular complexity index is 966. The van der Waals surface area contributed by atoms with Gasteiger partial charge in [0.25, 0.3) is 0 Å². The van der Waals surface area contributed by atoms with E-state index in [1.165, 1.54) is 19.3 Å². The van der Waals surface area contributed by atoms with Crippen molar-refractivity contribution in [1.82, 2.24) is 15.1 Å². The Kier molecular flexibility index (Phi) is 5.97. The van der Waals surface area contributed by atoms with Gasteiger partial charge in [-0.25, -0.2) is 4.68 Å². The lowest BCUT2D eigenvalue weighted by Gasteiger charge is -2.55. The molecule has 6 nitrogen and oxygen atoms in total. The summed E-state index contributed by atoms with van der Waals surface area (Å²) in [5.41, 5.74) is 0.822. The molecule has 32 heavy (non-hydrogen) atoms. The van der Waals surface area contributed by atoms with Crippen molar-refractivity contribution in [2.24, 2.45) is 23.2 Å². The van der Waals surface area contributed by atoms with E-state index in [9.17, 15) is 9.59 Å². The molecule has 4 aliphatic rings. The monoisotopic (exact) mass is 454 g/mol. The highest BCUT2D eigenvalue weighted by Crippen LogP contribution is 2.60. The third-order valence-corrected chi connectivity index (χ3v) is 8.02. The number of nitrogens with one attached hydrogen (secondary N) is 2. The molecule has 4 fully saturated rings. The number of rotatable bonds is 8. The quantitative estimate of drug-likeness (QED) is 0.570. The first kappa shape index (κ1) is 21.5. The third-order valence-electron chi connectivity index (χ3n) is 7.65. The summed E-state index contributed by atoms with van der Waals surface area (Å²) in [7, 11) is 0. The maximum atomic E-state index is 13.0. The molecule has 1 aromatic heterocycles. The van der Waals surface area contributed by atoms with Crippen molar-refractivity contribution >= 4 is 29.2 Å². The van der Waals surface area contributed by atoms with E-state index in [-0.39, 0.29) is 17.2 Å². The van der Waals surface area contributed by atoms with Crippen LogP contribution in [-0.2, 0) is 16.1 Å². The average molecular weight is 455 g/mol. The minimum atomic E-state index is -0.123. The maximum absolute atomic E-state index is 13.0. The summed E-state index contributed by atoms with van der Waals surface area (Å²) in [5, 5.41) is 11.1. The number of nitrogens with zero attached hydrogens (tertiary/aromatic N) is 2. The second-order valence-electron chi connectivity index (χ2n) is 10.1. The summed E-state index contributed by atoms with van der Waals surface area (Å²) in [4.78, 5) is 25.5. The normalized spacial score (nSPS) is 28.0. The smallest absolute Gasteiger partial charge is 0.226 e. The molecule has 4 bridgehead atoms. The van der Waals surface area contributed by atoms with Crippen LogP contribution in [0.5, 0.6) is 0 Å². The van der Waals surface area contributed by atoms with Gasteiger partial charge in [-0.3, -0.25) is 9.59 Å². The van der Waals surface area contributed by atoms with E-state index in [1.54, 1.807) is 16.9 Å². The number of amides is 2. The minimum Gasteiger partial charge on any atom is -0.356 e. The second kappa shape index (κ2) is 8.89. The first-order valence-electron chi connectivity index (χ1n) is 11.8. The summed E-state index contributed by atoms with van der Waals surface area (Å²) < 4.78 is 1.73. The molecule has 0 radical (unpaired) electrons. The van der Waals surface area contributed by atoms with Gasteiger partial charge in [0.1, 0.15) is 5.82 Å². The van der Waals surface area contributed by atoms with Gasteiger partial charge in [0.05, 0.1) is 12.7 Å². The largest absolute Gasteiger partial charge is 0.356 e. The Morgan fingerprint density at radius 1 is 1.06 bits per heavy atom. The van der Waals surface area contributed by atoms with Crippen LogP contribution in [0.3, 0.4) is 0 Å². The molecule has 7 heteroatoms. The Morgan fingerprint density at radius 2 is 1.75 bits per heavy atom. The second-order valence-corrected chi connectivity index (χ2v) is 10.5. The van der Waals surface area contributed by atoms with Crippen molar-refractivity contribution < 1.29 is 9.59 Å². The van der Waals surface area contributed by atoms with Gasteiger partial charge >= 0.3 is 0 Å². The topological polar surface area (TPSA) is 76.0 Å². The van der Waals surface area contributed by atoms with Gasteiger partial charge in [0.15, 0.2) is 0 Å². The van der Waals surface area contributed by atoms with Crippen LogP contribution >= 0.6 is 11.6 Å². The SMILES string of the molecule is O=C(CCCNC(=O)C12CC3CC(CC(C3)C1)C2)Nc1ccnn1Cc1ccccc1Cl. The maximum Gasteiger partial charge on any atom is 0.226 e. The highest BCUT2D eigenvalue weighted by molar-refractivity contribution is 6.31. The molecular formula is C25H31ClN4O2. The molecule has 2 aromatic rings. The van der Waals surface area contributed by atoms with Crippen molar-refractivity contribution in [3.63, 3.8) is 0 Å². The predicted octanol–water partition coefficient (Wildman–Crippen LogP) is 4.64. The Morgan fingerprint density at radius 3 is 2.44 bits per heavy atom. The zero-order valence-electron chi connectivity index (χ0n) is 18.4. The number of carbonyl (C=O) groups excluding carboxylic acids is 2. The fourth-order valence-electron chi connectivity index (χ4n) is 6.59. The minimum absolute atomic E-state index is 0.0741. The number of carbonyl (C=O) groups is 2. The molecule has 0 aliphatic heterocycles. The van der Waals surface area contributed by atoms with Crippen molar-refractivity contribution in [3.05, 3.63) is 47.1 Å². The molecule has 4 aliphatic carbocycles. The fourth-order valence-corrected chi connectivity index (χ4v) is 6.78. The summed E-state index contributed by atoms with van der Waals surface area (Å²) in [6.45, 7) is 1.04. The van der Waals surface area contributed by atoms with Gasteiger partial charge in [-0.15, -0.1) is 0 Å². The molecule has 0 unspecified atom stereocenters. The van der Waals surface area contributed by atoms with Gasteiger partial charge in [-0.1, -0.05) is 29.8 Å². The summed E-state index contributed by atoms with van der Waals surface area (Å²) >= 11 is 6.24. The van der Waals surface area contributed by atoms with Crippen LogP contribution in [0.25, 0.3) is 0 Å². The molecule has 6 rings (SSSR count). The summed E-state index contributed by atoms with van der Waals surface area (Å²) in [6, 6.07) is 9.39. The average Bonchev–Trinajstić information content (AvgIpc) is 3.18. The molecule has 2 N–H and O–H groups in total. The Hall–Kier alpha value is -2.34.